The maximum absolute atomic E-state index is 11.3. The molecule has 0 fully saturated rings. The van der Waals surface area contributed by atoms with Crippen LogP contribution in [0.15, 0.2) is 17.5 Å². The number of carbonyl (C=O) groups excluding carboxylic acids is 1. The molecule has 1 rings (SSSR count). The van der Waals surface area contributed by atoms with Crippen molar-refractivity contribution in [2.45, 2.75) is 19.8 Å². The van der Waals surface area contributed by atoms with E-state index in [1.807, 2.05) is 18.4 Å². The number of methoxy groups -OCH3 is 1. The van der Waals surface area contributed by atoms with Crippen LogP contribution < -0.4 is 0 Å². The Bertz CT molecular complexity index is 254. The Labute approximate surface area is 82.5 Å². The molecule has 0 aliphatic carbocycles. The minimum absolute atomic E-state index is 0.0173. The van der Waals surface area contributed by atoms with Crippen molar-refractivity contribution in [2.75, 3.05) is 7.11 Å². The largest absolute Gasteiger partial charge is 0.469 e. The zero-order chi connectivity index (χ0) is 9.68. The highest BCUT2D eigenvalue weighted by Crippen LogP contribution is 2.17. The summed E-state index contributed by atoms with van der Waals surface area (Å²) >= 11 is 1.69. The van der Waals surface area contributed by atoms with Gasteiger partial charge in [-0.1, -0.05) is 13.0 Å². The predicted molar refractivity (Wildman–Crippen MR) is 53.8 cm³/mol. The van der Waals surface area contributed by atoms with Crippen LogP contribution in [0.1, 0.15) is 18.2 Å². The van der Waals surface area contributed by atoms with Crippen LogP contribution >= 0.6 is 11.3 Å². The molecule has 0 aromatic carbocycles. The quantitative estimate of drug-likeness (QED) is 0.695. The second-order valence-electron chi connectivity index (χ2n) is 2.91. The van der Waals surface area contributed by atoms with E-state index in [4.69, 9.17) is 4.74 Å². The molecule has 0 amide bonds. The summed E-state index contributed by atoms with van der Waals surface area (Å²) in [4.78, 5) is 12.5. The van der Waals surface area contributed by atoms with Crippen LogP contribution in [0.25, 0.3) is 0 Å². The van der Waals surface area contributed by atoms with Crippen molar-refractivity contribution >= 4 is 17.3 Å². The number of esters is 1. The Hall–Kier alpha value is -0.830. The molecule has 0 aliphatic rings. The highest BCUT2D eigenvalue weighted by atomic mass is 32.1. The average molecular weight is 198 g/mol. The number of hydrogen-bond donors (Lipinski definition) is 0. The summed E-state index contributed by atoms with van der Waals surface area (Å²) in [5, 5.41) is 2.03. The van der Waals surface area contributed by atoms with Gasteiger partial charge in [-0.3, -0.25) is 4.79 Å². The highest BCUT2D eigenvalue weighted by molar-refractivity contribution is 7.09. The summed E-state index contributed by atoms with van der Waals surface area (Å²) in [5.74, 6) is -0.0837. The fourth-order valence-corrected chi connectivity index (χ4v) is 2.02. The third-order valence-electron chi connectivity index (χ3n) is 2.06. The fraction of sp³-hybridized carbons (Fsp3) is 0.500. The summed E-state index contributed by atoms with van der Waals surface area (Å²) in [5.41, 5.74) is 0. The summed E-state index contributed by atoms with van der Waals surface area (Å²) in [6, 6.07) is 4.06. The van der Waals surface area contributed by atoms with E-state index in [9.17, 15) is 4.79 Å². The first-order valence-electron chi connectivity index (χ1n) is 4.38. The van der Waals surface area contributed by atoms with Crippen molar-refractivity contribution < 1.29 is 9.53 Å². The maximum Gasteiger partial charge on any atom is 0.309 e. The van der Waals surface area contributed by atoms with Gasteiger partial charge in [0.2, 0.25) is 0 Å². The molecule has 0 aliphatic heterocycles. The molecule has 0 radical (unpaired) electrons. The lowest BCUT2D eigenvalue weighted by Crippen LogP contribution is -2.17. The molecule has 2 nitrogen and oxygen atoms in total. The number of ether oxygens (including phenoxy) is 1. The molecule has 3 heteroatoms. The molecule has 1 unspecified atom stereocenters. The van der Waals surface area contributed by atoms with Crippen LogP contribution in [0.4, 0.5) is 0 Å². The van der Waals surface area contributed by atoms with Gasteiger partial charge in [0.05, 0.1) is 13.0 Å². The first-order valence-corrected chi connectivity index (χ1v) is 5.26. The van der Waals surface area contributed by atoms with Crippen LogP contribution in [0, 0.1) is 5.92 Å². The molecule has 1 heterocycles. The Morgan fingerprint density at radius 3 is 2.92 bits per heavy atom. The first kappa shape index (κ1) is 10.3. The normalized spacial score (nSPS) is 12.5. The average Bonchev–Trinajstić information content (AvgIpc) is 2.65. The molecule has 0 N–H and O–H groups in total. The third-order valence-corrected chi connectivity index (χ3v) is 2.95. The zero-order valence-corrected chi connectivity index (χ0v) is 8.76. The van der Waals surface area contributed by atoms with Crippen molar-refractivity contribution in [1.82, 2.24) is 0 Å². The molecule has 1 aromatic heterocycles. The summed E-state index contributed by atoms with van der Waals surface area (Å²) in [6.07, 6.45) is 1.64. The van der Waals surface area contributed by atoms with Crippen LogP contribution in [0.3, 0.4) is 0 Å². The van der Waals surface area contributed by atoms with E-state index in [1.165, 1.54) is 12.0 Å². The SMILES string of the molecule is CCC(Cc1cccs1)C(=O)OC. The second kappa shape index (κ2) is 5.02. The third kappa shape index (κ3) is 2.84. The number of carbonyl (C=O) groups is 1. The Balaban J connectivity index is 2.54. The molecule has 72 valence electrons. The van der Waals surface area contributed by atoms with E-state index in [0.717, 1.165) is 12.8 Å². The highest BCUT2D eigenvalue weighted by Gasteiger charge is 2.17. The smallest absolute Gasteiger partial charge is 0.309 e. The van der Waals surface area contributed by atoms with Gasteiger partial charge in [-0.05, 0) is 24.3 Å². The number of hydrogen-bond acceptors (Lipinski definition) is 3. The lowest BCUT2D eigenvalue weighted by atomic mass is 10.0. The molecule has 0 bridgehead atoms. The van der Waals surface area contributed by atoms with Crippen LogP contribution in [-0.4, -0.2) is 13.1 Å². The van der Waals surface area contributed by atoms with Gasteiger partial charge >= 0.3 is 5.97 Å². The van der Waals surface area contributed by atoms with E-state index in [-0.39, 0.29) is 11.9 Å². The van der Waals surface area contributed by atoms with Crippen LogP contribution in [-0.2, 0) is 16.0 Å². The number of thiophene rings is 1. The van der Waals surface area contributed by atoms with Crippen molar-refractivity contribution in [1.29, 1.82) is 0 Å². The molecule has 0 saturated carbocycles. The van der Waals surface area contributed by atoms with Gasteiger partial charge in [-0.15, -0.1) is 11.3 Å². The molecule has 1 aromatic rings. The first-order chi connectivity index (χ1) is 6.27. The topological polar surface area (TPSA) is 26.3 Å². The monoisotopic (exact) mass is 198 g/mol. The van der Waals surface area contributed by atoms with Crippen LogP contribution in [0.2, 0.25) is 0 Å². The Morgan fingerprint density at radius 1 is 1.69 bits per heavy atom. The Morgan fingerprint density at radius 2 is 2.46 bits per heavy atom. The van der Waals surface area contributed by atoms with Crippen molar-refractivity contribution in [2.24, 2.45) is 5.92 Å². The molecule has 0 saturated heterocycles. The summed E-state index contributed by atoms with van der Waals surface area (Å²) in [7, 11) is 1.44. The van der Waals surface area contributed by atoms with Gasteiger partial charge in [0, 0.05) is 4.88 Å². The summed E-state index contributed by atoms with van der Waals surface area (Å²) < 4.78 is 4.72. The fourth-order valence-electron chi connectivity index (χ4n) is 1.23. The van der Waals surface area contributed by atoms with Gasteiger partial charge in [0.25, 0.3) is 0 Å². The Kier molecular flexibility index (Phi) is 3.96. The van der Waals surface area contributed by atoms with Gasteiger partial charge in [0.15, 0.2) is 0 Å². The van der Waals surface area contributed by atoms with Crippen molar-refractivity contribution in [3.8, 4) is 0 Å². The predicted octanol–water partition coefficient (Wildman–Crippen LogP) is 2.49. The van der Waals surface area contributed by atoms with Crippen molar-refractivity contribution in [3.05, 3.63) is 22.4 Å². The zero-order valence-electron chi connectivity index (χ0n) is 7.95. The molecule has 13 heavy (non-hydrogen) atoms. The molecule has 1 atom stereocenters. The second-order valence-corrected chi connectivity index (χ2v) is 3.94. The van der Waals surface area contributed by atoms with Gasteiger partial charge in [-0.25, -0.2) is 0 Å². The summed E-state index contributed by atoms with van der Waals surface area (Å²) in [6.45, 7) is 2.01. The van der Waals surface area contributed by atoms with E-state index in [0.29, 0.717) is 0 Å². The molecular weight excluding hydrogens is 184 g/mol. The number of rotatable bonds is 4. The minimum atomic E-state index is -0.101. The lowest BCUT2D eigenvalue weighted by molar-refractivity contribution is -0.145. The van der Waals surface area contributed by atoms with Gasteiger partial charge in [0.1, 0.15) is 0 Å². The molecule has 0 spiro atoms. The lowest BCUT2D eigenvalue weighted by Gasteiger charge is -2.10. The van der Waals surface area contributed by atoms with E-state index in [1.54, 1.807) is 11.3 Å². The van der Waals surface area contributed by atoms with E-state index in [2.05, 4.69) is 6.07 Å². The maximum atomic E-state index is 11.3. The molecular formula is C10H14O2S. The minimum Gasteiger partial charge on any atom is -0.469 e. The van der Waals surface area contributed by atoms with Crippen LogP contribution in [0.5, 0.6) is 0 Å². The van der Waals surface area contributed by atoms with E-state index >= 15 is 0 Å². The van der Waals surface area contributed by atoms with Gasteiger partial charge in [-0.2, -0.15) is 0 Å². The van der Waals surface area contributed by atoms with Crippen molar-refractivity contribution in [3.63, 3.8) is 0 Å². The standard InChI is InChI=1S/C10H14O2S/c1-3-8(10(11)12-2)7-9-5-4-6-13-9/h4-6,8H,3,7H2,1-2H3. The van der Waals surface area contributed by atoms with Gasteiger partial charge < -0.3 is 4.74 Å². The van der Waals surface area contributed by atoms with E-state index < -0.39 is 0 Å².